The lowest BCUT2D eigenvalue weighted by molar-refractivity contribution is -0.129. The maximum atomic E-state index is 11.8. The monoisotopic (exact) mass is 269 g/mol. The summed E-state index contributed by atoms with van der Waals surface area (Å²) in [6.07, 6.45) is 1.78. The van der Waals surface area contributed by atoms with Gasteiger partial charge in [0.1, 0.15) is 0 Å². The Morgan fingerprint density at radius 3 is 2.68 bits per heavy atom. The zero-order valence-corrected chi connectivity index (χ0v) is 11.1. The Morgan fingerprint density at radius 2 is 2.00 bits per heavy atom. The third-order valence-electron chi connectivity index (χ3n) is 2.81. The first-order valence-corrected chi connectivity index (χ1v) is 6.74. The van der Waals surface area contributed by atoms with E-state index in [1.807, 2.05) is 48.7 Å². The molecular weight excluding hydrogens is 258 g/mol. The lowest BCUT2D eigenvalue weighted by atomic mass is 10.2. The smallest absolute Gasteiger partial charge is 0.363 e. The van der Waals surface area contributed by atoms with Crippen LogP contribution in [0.1, 0.15) is 16.0 Å². The summed E-state index contributed by atoms with van der Waals surface area (Å²) in [4.78, 5) is 17.1. The third kappa shape index (κ3) is 2.35. The minimum atomic E-state index is -0.397. The van der Waals surface area contributed by atoms with Gasteiger partial charge in [0.2, 0.25) is 5.90 Å². The lowest BCUT2D eigenvalue weighted by Crippen LogP contribution is -2.04. The van der Waals surface area contributed by atoms with Crippen molar-refractivity contribution in [3.63, 3.8) is 0 Å². The molecule has 2 heterocycles. The van der Waals surface area contributed by atoms with Gasteiger partial charge in [-0.3, -0.25) is 0 Å². The molecule has 0 aliphatic carbocycles. The minimum Gasteiger partial charge on any atom is -0.402 e. The average Bonchev–Trinajstić information content (AvgIpc) is 2.99. The molecule has 3 rings (SSSR count). The van der Waals surface area contributed by atoms with Gasteiger partial charge in [0.05, 0.1) is 0 Å². The molecule has 0 saturated heterocycles. The van der Waals surface area contributed by atoms with Gasteiger partial charge in [-0.25, -0.2) is 9.79 Å². The number of nitrogens with zero attached hydrogens (tertiary/aromatic N) is 1. The summed E-state index contributed by atoms with van der Waals surface area (Å²) >= 11 is 1.58. The molecule has 0 N–H and O–H groups in total. The van der Waals surface area contributed by atoms with Gasteiger partial charge in [0.15, 0.2) is 5.70 Å². The van der Waals surface area contributed by atoms with Gasteiger partial charge >= 0.3 is 5.97 Å². The number of hydrogen-bond donors (Lipinski definition) is 0. The first kappa shape index (κ1) is 11.9. The molecule has 94 valence electrons. The number of thiophene rings is 1. The summed E-state index contributed by atoms with van der Waals surface area (Å²) in [5.41, 5.74) is 2.29. The zero-order valence-electron chi connectivity index (χ0n) is 10.3. The van der Waals surface area contributed by atoms with Crippen molar-refractivity contribution < 1.29 is 9.53 Å². The van der Waals surface area contributed by atoms with Crippen molar-refractivity contribution in [1.29, 1.82) is 0 Å². The molecule has 0 atom stereocenters. The van der Waals surface area contributed by atoms with E-state index in [1.165, 1.54) is 0 Å². The number of aryl methyl sites for hydroxylation is 1. The summed E-state index contributed by atoms with van der Waals surface area (Å²) in [6.45, 7) is 2.00. The number of esters is 1. The average molecular weight is 269 g/mol. The minimum absolute atomic E-state index is 0.351. The number of cyclic esters (lactones) is 1. The molecule has 3 nitrogen and oxygen atoms in total. The van der Waals surface area contributed by atoms with Gasteiger partial charge in [0, 0.05) is 10.4 Å². The van der Waals surface area contributed by atoms with E-state index in [1.54, 1.807) is 17.4 Å². The van der Waals surface area contributed by atoms with Crippen LogP contribution in [0, 0.1) is 6.92 Å². The number of ether oxygens (including phenoxy) is 1. The molecule has 0 radical (unpaired) electrons. The van der Waals surface area contributed by atoms with E-state index in [0.29, 0.717) is 11.6 Å². The van der Waals surface area contributed by atoms with E-state index in [-0.39, 0.29) is 0 Å². The highest BCUT2D eigenvalue weighted by molar-refractivity contribution is 7.11. The van der Waals surface area contributed by atoms with Gasteiger partial charge in [-0.2, -0.15) is 0 Å². The van der Waals surface area contributed by atoms with Crippen LogP contribution in [0.3, 0.4) is 0 Å². The van der Waals surface area contributed by atoms with E-state index in [9.17, 15) is 4.79 Å². The number of benzene rings is 1. The van der Waals surface area contributed by atoms with Crippen LogP contribution in [0.4, 0.5) is 0 Å². The van der Waals surface area contributed by atoms with Crippen molar-refractivity contribution in [2.75, 3.05) is 0 Å². The van der Waals surface area contributed by atoms with Crippen LogP contribution in [-0.2, 0) is 9.53 Å². The van der Waals surface area contributed by atoms with E-state index >= 15 is 0 Å². The standard InChI is InChI=1S/C15H11NO2S/c1-10-7-8-19-13(10)9-12-15(17)18-14(16-12)11-5-3-2-4-6-11/h2-9H,1H3. The predicted octanol–water partition coefficient (Wildman–Crippen LogP) is 3.40. The molecule has 0 spiro atoms. The highest BCUT2D eigenvalue weighted by atomic mass is 32.1. The topological polar surface area (TPSA) is 38.7 Å². The molecular formula is C15H11NO2S. The second kappa shape index (κ2) is 4.82. The highest BCUT2D eigenvalue weighted by Crippen LogP contribution is 2.23. The largest absolute Gasteiger partial charge is 0.402 e. The molecule has 0 amide bonds. The molecule has 2 aromatic rings. The second-order valence-electron chi connectivity index (χ2n) is 4.17. The van der Waals surface area contributed by atoms with Gasteiger partial charge in [0.25, 0.3) is 0 Å². The normalized spacial score (nSPS) is 16.6. The van der Waals surface area contributed by atoms with Crippen molar-refractivity contribution in [1.82, 2.24) is 0 Å². The molecule has 19 heavy (non-hydrogen) atoms. The number of carbonyl (C=O) groups is 1. The van der Waals surface area contributed by atoms with Crippen LogP contribution in [-0.4, -0.2) is 11.9 Å². The number of hydrogen-bond acceptors (Lipinski definition) is 4. The predicted molar refractivity (Wildman–Crippen MR) is 76.1 cm³/mol. The molecule has 0 saturated carbocycles. The fourth-order valence-corrected chi connectivity index (χ4v) is 2.62. The molecule has 0 fully saturated rings. The van der Waals surface area contributed by atoms with Gasteiger partial charge in [-0.15, -0.1) is 11.3 Å². The number of rotatable bonds is 2. The van der Waals surface area contributed by atoms with Crippen LogP contribution in [0.25, 0.3) is 6.08 Å². The Morgan fingerprint density at radius 1 is 1.21 bits per heavy atom. The van der Waals surface area contributed by atoms with E-state index in [0.717, 1.165) is 16.0 Å². The van der Waals surface area contributed by atoms with Crippen molar-refractivity contribution in [2.45, 2.75) is 6.92 Å². The van der Waals surface area contributed by atoms with Gasteiger partial charge < -0.3 is 4.74 Å². The van der Waals surface area contributed by atoms with Crippen LogP contribution in [0.15, 0.2) is 52.5 Å². The van der Waals surface area contributed by atoms with Crippen LogP contribution < -0.4 is 0 Å². The quantitative estimate of drug-likeness (QED) is 0.619. The number of aliphatic imine (C=N–C) groups is 1. The van der Waals surface area contributed by atoms with Crippen molar-refractivity contribution in [3.05, 3.63) is 63.5 Å². The van der Waals surface area contributed by atoms with Gasteiger partial charge in [-0.05, 0) is 42.1 Å². The molecule has 1 aliphatic heterocycles. The molecule has 0 bridgehead atoms. The van der Waals surface area contributed by atoms with Crippen molar-refractivity contribution in [3.8, 4) is 0 Å². The Kier molecular flexibility index (Phi) is 3.01. The first-order valence-electron chi connectivity index (χ1n) is 5.86. The summed E-state index contributed by atoms with van der Waals surface area (Å²) in [5, 5.41) is 1.99. The fraction of sp³-hybridized carbons (Fsp3) is 0.0667. The Labute approximate surface area is 114 Å². The number of carbonyl (C=O) groups excluding carboxylic acids is 1. The maximum Gasteiger partial charge on any atom is 0.363 e. The zero-order chi connectivity index (χ0) is 13.2. The molecule has 4 heteroatoms. The third-order valence-corrected chi connectivity index (χ3v) is 3.78. The summed E-state index contributed by atoms with van der Waals surface area (Å²) in [5.74, 6) is -0.0299. The van der Waals surface area contributed by atoms with Crippen LogP contribution in [0.5, 0.6) is 0 Å². The fourth-order valence-electron chi connectivity index (χ4n) is 1.77. The Hall–Kier alpha value is -2.20. The molecule has 1 aromatic heterocycles. The van der Waals surface area contributed by atoms with Crippen molar-refractivity contribution >= 4 is 29.3 Å². The van der Waals surface area contributed by atoms with Gasteiger partial charge in [-0.1, -0.05) is 18.2 Å². The molecule has 1 aliphatic rings. The summed E-state index contributed by atoms with van der Waals surface area (Å²) in [6, 6.07) is 11.4. The lowest BCUT2D eigenvalue weighted by Gasteiger charge is -1.97. The Balaban J connectivity index is 1.96. The van der Waals surface area contributed by atoms with E-state index in [4.69, 9.17) is 4.74 Å². The second-order valence-corrected chi connectivity index (χ2v) is 5.12. The van der Waals surface area contributed by atoms with Crippen LogP contribution in [0.2, 0.25) is 0 Å². The SMILES string of the molecule is Cc1ccsc1C=C1N=C(c2ccccc2)OC1=O. The summed E-state index contributed by atoms with van der Waals surface area (Å²) in [7, 11) is 0. The first-order chi connectivity index (χ1) is 9.24. The van der Waals surface area contributed by atoms with Crippen LogP contribution >= 0.6 is 11.3 Å². The molecule has 1 aromatic carbocycles. The van der Waals surface area contributed by atoms with E-state index < -0.39 is 5.97 Å². The summed E-state index contributed by atoms with van der Waals surface area (Å²) < 4.78 is 5.20. The molecule has 0 unspecified atom stereocenters. The van der Waals surface area contributed by atoms with Crippen molar-refractivity contribution in [2.24, 2.45) is 4.99 Å². The maximum absolute atomic E-state index is 11.8. The van der Waals surface area contributed by atoms with E-state index in [2.05, 4.69) is 4.99 Å². The Bertz CT molecular complexity index is 683. The highest BCUT2D eigenvalue weighted by Gasteiger charge is 2.24.